The second-order valence-corrected chi connectivity index (χ2v) is 4.10. The lowest BCUT2D eigenvalue weighted by atomic mass is 10.0. The third-order valence-corrected chi connectivity index (χ3v) is 2.87. The Bertz CT molecular complexity index is 218. The first-order chi connectivity index (χ1) is 6.75. The molecule has 14 heavy (non-hydrogen) atoms. The lowest BCUT2D eigenvalue weighted by molar-refractivity contribution is -0.126. The molecule has 0 aromatic rings. The first-order valence-electron chi connectivity index (χ1n) is 5.15. The summed E-state index contributed by atoms with van der Waals surface area (Å²) in [6.45, 7) is 2.87. The molecule has 2 fully saturated rings. The van der Waals surface area contributed by atoms with Gasteiger partial charge in [0.25, 0.3) is 0 Å². The average Bonchev–Trinajstić information content (AvgIpc) is 2.45. The van der Waals surface area contributed by atoms with Crippen LogP contribution in [0.1, 0.15) is 6.42 Å². The van der Waals surface area contributed by atoms with E-state index in [1.165, 1.54) is 0 Å². The van der Waals surface area contributed by atoms with Crippen LogP contribution in [0.25, 0.3) is 0 Å². The number of carbonyl (C=O) groups excluding carboxylic acids is 1. The standard InChI is InChI=1S/C9H17N3O2/c13-8-1-7(11-5-8)4-12-9(14)6-2-10-3-6/h6-8,10-11,13H,1-5H2,(H,12,14)/t7-,8+/m0/s1. The fourth-order valence-corrected chi connectivity index (χ4v) is 1.80. The van der Waals surface area contributed by atoms with Crippen LogP contribution in [0.4, 0.5) is 0 Å². The molecule has 2 saturated heterocycles. The van der Waals surface area contributed by atoms with E-state index in [-0.39, 0.29) is 24.0 Å². The van der Waals surface area contributed by atoms with Gasteiger partial charge in [-0.25, -0.2) is 0 Å². The largest absolute Gasteiger partial charge is 0.392 e. The monoisotopic (exact) mass is 199 g/mol. The highest BCUT2D eigenvalue weighted by Crippen LogP contribution is 2.06. The van der Waals surface area contributed by atoms with Crippen molar-refractivity contribution < 1.29 is 9.90 Å². The van der Waals surface area contributed by atoms with Crippen LogP contribution >= 0.6 is 0 Å². The summed E-state index contributed by atoms with van der Waals surface area (Å²) in [5, 5.41) is 18.4. The van der Waals surface area contributed by atoms with E-state index in [4.69, 9.17) is 0 Å². The molecule has 5 nitrogen and oxygen atoms in total. The highest BCUT2D eigenvalue weighted by Gasteiger charge is 2.27. The molecule has 0 radical (unpaired) electrons. The van der Waals surface area contributed by atoms with Crippen LogP contribution in [0, 0.1) is 5.92 Å². The summed E-state index contributed by atoms with van der Waals surface area (Å²) in [7, 11) is 0. The lowest BCUT2D eigenvalue weighted by Crippen LogP contribution is -2.52. The summed E-state index contributed by atoms with van der Waals surface area (Å²) in [6, 6.07) is 0.238. The van der Waals surface area contributed by atoms with Crippen molar-refractivity contribution in [2.45, 2.75) is 18.6 Å². The number of aliphatic hydroxyl groups excluding tert-OH is 1. The summed E-state index contributed by atoms with van der Waals surface area (Å²) < 4.78 is 0. The molecule has 5 heteroatoms. The molecule has 0 unspecified atom stereocenters. The summed E-state index contributed by atoms with van der Waals surface area (Å²) in [5.74, 6) is 0.285. The van der Waals surface area contributed by atoms with Gasteiger partial charge in [0.2, 0.25) is 5.91 Å². The second kappa shape index (κ2) is 4.25. The predicted octanol–water partition coefficient (Wildman–Crippen LogP) is -1.96. The van der Waals surface area contributed by atoms with Crippen molar-refractivity contribution in [2.24, 2.45) is 5.92 Å². The maximum absolute atomic E-state index is 11.4. The Morgan fingerprint density at radius 3 is 2.71 bits per heavy atom. The van der Waals surface area contributed by atoms with Crippen LogP contribution in [0.2, 0.25) is 0 Å². The van der Waals surface area contributed by atoms with E-state index >= 15 is 0 Å². The minimum absolute atomic E-state index is 0.131. The number of rotatable bonds is 3. The van der Waals surface area contributed by atoms with E-state index in [0.717, 1.165) is 19.5 Å². The molecule has 2 rings (SSSR count). The number of amides is 1. The zero-order chi connectivity index (χ0) is 9.97. The van der Waals surface area contributed by atoms with Gasteiger partial charge in [-0.15, -0.1) is 0 Å². The van der Waals surface area contributed by atoms with Crippen molar-refractivity contribution in [1.29, 1.82) is 0 Å². The summed E-state index contributed by atoms with van der Waals surface area (Å²) in [6.07, 6.45) is 0.491. The Hall–Kier alpha value is -0.650. The van der Waals surface area contributed by atoms with Crippen LogP contribution in [-0.4, -0.2) is 49.3 Å². The van der Waals surface area contributed by atoms with Gasteiger partial charge in [0.1, 0.15) is 0 Å². The Morgan fingerprint density at radius 2 is 2.21 bits per heavy atom. The second-order valence-electron chi connectivity index (χ2n) is 4.10. The average molecular weight is 199 g/mol. The molecule has 2 heterocycles. The van der Waals surface area contributed by atoms with Crippen LogP contribution in [0.15, 0.2) is 0 Å². The molecule has 4 N–H and O–H groups in total. The molecule has 0 spiro atoms. The van der Waals surface area contributed by atoms with Crippen molar-refractivity contribution in [3.05, 3.63) is 0 Å². The zero-order valence-electron chi connectivity index (χ0n) is 8.12. The fraction of sp³-hybridized carbons (Fsp3) is 0.889. The van der Waals surface area contributed by atoms with Gasteiger partial charge < -0.3 is 21.1 Å². The number of carbonyl (C=O) groups is 1. The molecule has 0 aromatic carbocycles. The van der Waals surface area contributed by atoms with E-state index in [2.05, 4.69) is 16.0 Å². The molecule has 0 aromatic heterocycles. The number of hydrogen-bond donors (Lipinski definition) is 4. The summed E-state index contributed by atoms with van der Waals surface area (Å²) >= 11 is 0. The van der Waals surface area contributed by atoms with Crippen molar-refractivity contribution in [2.75, 3.05) is 26.2 Å². The summed E-state index contributed by atoms with van der Waals surface area (Å²) in [4.78, 5) is 11.4. The Balaban J connectivity index is 1.64. The molecular weight excluding hydrogens is 182 g/mol. The maximum atomic E-state index is 11.4. The van der Waals surface area contributed by atoms with Crippen molar-refractivity contribution in [3.63, 3.8) is 0 Å². The SMILES string of the molecule is O=C(NC[C@@H]1C[C@@H](O)CN1)C1CNC1. The highest BCUT2D eigenvalue weighted by atomic mass is 16.3. The van der Waals surface area contributed by atoms with Gasteiger partial charge in [0.05, 0.1) is 12.0 Å². The predicted molar refractivity (Wildman–Crippen MR) is 51.8 cm³/mol. The number of nitrogens with one attached hydrogen (secondary N) is 3. The third kappa shape index (κ3) is 2.23. The van der Waals surface area contributed by atoms with Crippen molar-refractivity contribution in [1.82, 2.24) is 16.0 Å². The van der Waals surface area contributed by atoms with Gasteiger partial charge in [-0.1, -0.05) is 0 Å². The molecule has 2 aliphatic heterocycles. The quantitative estimate of drug-likeness (QED) is 0.426. The van der Waals surface area contributed by atoms with Gasteiger partial charge in [-0.3, -0.25) is 4.79 Å². The maximum Gasteiger partial charge on any atom is 0.225 e. The Labute approximate surface area is 83.3 Å². The van der Waals surface area contributed by atoms with Crippen molar-refractivity contribution >= 4 is 5.91 Å². The number of hydrogen-bond acceptors (Lipinski definition) is 4. The lowest BCUT2D eigenvalue weighted by Gasteiger charge is -2.26. The molecule has 1 amide bonds. The molecule has 2 atom stereocenters. The van der Waals surface area contributed by atoms with Crippen LogP contribution in [0.5, 0.6) is 0 Å². The van der Waals surface area contributed by atoms with E-state index in [9.17, 15) is 9.90 Å². The van der Waals surface area contributed by atoms with Gasteiger partial charge in [0, 0.05) is 32.2 Å². The van der Waals surface area contributed by atoms with E-state index in [1.807, 2.05) is 0 Å². The summed E-state index contributed by atoms with van der Waals surface area (Å²) in [5.41, 5.74) is 0. The molecular formula is C9H17N3O2. The smallest absolute Gasteiger partial charge is 0.225 e. The first kappa shape index (κ1) is 9.89. The molecule has 2 aliphatic rings. The zero-order valence-corrected chi connectivity index (χ0v) is 8.12. The van der Waals surface area contributed by atoms with Crippen LogP contribution in [-0.2, 0) is 4.79 Å². The van der Waals surface area contributed by atoms with E-state index in [0.29, 0.717) is 13.1 Å². The number of β-amino-alcohol motifs (C(OH)–C–C–N with tert-alkyl or cyclic N) is 1. The molecule has 80 valence electrons. The normalized spacial score (nSPS) is 32.6. The first-order valence-corrected chi connectivity index (χ1v) is 5.15. The third-order valence-electron chi connectivity index (χ3n) is 2.87. The highest BCUT2D eigenvalue weighted by molar-refractivity contribution is 5.80. The van der Waals surface area contributed by atoms with Crippen LogP contribution < -0.4 is 16.0 Å². The number of aliphatic hydroxyl groups is 1. The minimum atomic E-state index is -0.248. The van der Waals surface area contributed by atoms with E-state index < -0.39 is 0 Å². The van der Waals surface area contributed by atoms with Gasteiger partial charge in [-0.2, -0.15) is 0 Å². The molecule has 0 bridgehead atoms. The van der Waals surface area contributed by atoms with Gasteiger partial charge >= 0.3 is 0 Å². The van der Waals surface area contributed by atoms with Crippen LogP contribution in [0.3, 0.4) is 0 Å². The van der Waals surface area contributed by atoms with E-state index in [1.54, 1.807) is 0 Å². The fourth-order valence-electron chi connectivity index (χ4n) is 1.80. The Kier molecular flexibility index (Phi) is 3.00. The topological polar surface area (TPSA) is 73.4 Å². The van der Waals surface area contributed by atoms with Crippen molar-refractivity contribution in [3.8, 4) is 0 Å². The van der Waals surface area contributed by atoms with Gasteiger partial charge in [-0.05, 0) is 6.42 Å². The molecule has 0 aliphatic carbocycles. The van der Waals surface area contributed by atoms with Gasteiger partial charge in [0.15, 0.2) is 0 Å². The molecule has 0 saturated carbocycles. The Morgan fingerprint density at radius 1 is 1.43 bits per heavy atom. The minimum Gasteiger partial charge on any atom is -0.392 e.